The Labute approximate surface area is 212 Å². The number of nitrogens with one attached hydrogen (secondary N) is 1. The summed E-state index contributed by atoms with van der Waals surface area (Å²) in [6.45, 7) is 3.12. The fraction of sp³-hybridized carbons (Fsp3) is 0.222. The van der Waals surface area contributed by atoms with E-state index in [2.05, 4.69) is 40.0 Å². The Morgan fingerprint density at radius 3 is 2.62 bits per heavy atom. The molecular formula is C27H26INO5. The Morgan fingerprint density at radius 2 is 1.85 bits per heavy atom. The van der Waals surface area contributed by atoms with Gasteiger partial charge in [0.25, 0.3) is 0 Å². The van der Waals surface area contributed by atoms with E-state index in [9.17, 15) is 4.79 Å². The van der Waals surface area contributed by atoms with E-state index in [0.717, 1.165) is 42.9 Å². The molecule has 0 aliphatic heterocycles. The average molecular weight is 571 g/mol. The first kappa shape index (κ1) is 23.9. The molecule has 4 rings (SSSR count). The maximum absolute atomic E-state index is 11.9. The predicted molar refractivity (Wildman–Crippen MR) is 140 cm³/mol. The number of furan rings is 1. The van der Waals surface area contributed by atoms with Gasteiger partial charge in [0.15, 0.2) is 0 Å². The number of carbonyl (C=O) groups is 1. The first-order chi connectivity index (χ1) is 16.6. The summed E-state index contributed by atoms with van der Waals surface area (Å²) in [4.78, 5) is 11.9. The SMILES string of the molecule is CCOC(=O)Cc1ccccc1OCc1cc(I)c2oc(CNc3ccc(OC)cc3)cc2c1. The molecule has 4 aromatic rings. The van der Waals surface area contributed by atoms with Gasteiger partial charge in [-0.05, 0) is 83.6 Å². The molecule has 3 aromatic carbocycles. The van der Waals surface area contributed by atoms with Crippen molar-refractivity contribution in [3.8, 4) is 11.5 Å². The summed E-state index contributed by atoms with van der Waals surface area (Å²) in [5.41, 5.74) is 3.69. The van der Waals surface area contributed by atoms with E-state index in [0.29, 0.717) is 25.5 Å². The molecule has 0 amide bonds. The summed E-state index contributed by atoms with van der Waals surface area (Å²) in [5.74, 6) is 2.09. The average Bonchev–Trinajstić information content (AvgIpc) is 3.26. The van der Waals surface area contributed by atoms with Crippen molar-refractivity contribution < 1.29 is 23.4 Å². The maximum Gasteiger partial charge on any atom is 0.310 e. The van der Waals surface area contributed by atoms with Gasteiger partial charge in [-0.25, -0.2) is 0 Å². The highest BCUT2D eigenvalue weighted by molar-refractivity contribution is 14.1. The lowest BCUT2D eigenvalue weighted by Gasteiger charge is -2.11. The number of rotatable bonds is 10. The second-order valence-corrected chi connectivity index (χ2v) is 8.83. The van der Waals surface area contributed by atoms with Gasteiger partial charge in [-0.15, -0.1) is 0 Å². The van der Waals surface area contributed by atoms with Crippen LogP contribution in [0.3, 0.4) is 0 Å². The van der Waals surface area contributed by atoms with Gasteiger partial charge in [0.1, 0.15) is 29.4 Å². The van der Waals surface area contributed by atoms with Gasteiger partial charge in [-0.2, -0.15) is 0 Å². The molecule has 0 saturated carbocycles. The number of esters is 1. The summed E-state index contributed by atoms with van der Waals surface area (Å²) >= 11 is 2.29. The summed E-state index contributed by atoms with van der Waals surface area (Å²) in [7, 11) is 1.65. The highest BCUT2D eigenvalue weighted by atomic mass is 127. The first-order valence-electron chi connectivity index (χ1n) is 11.0. The lowest BCUT2D eigenvalue weighted by molar-refractivity contribution is -0.142. The lowest BCUT2D eigenvalue weighted by Crippen LogP contribution is -2.09. The number of halogens is 1. The van der Waals surface area contributed by atoms with E-state index in [1.165, 1.54) is 0 Å². The van der Waals surface area contributed by atoms with E-state index in [1.54, 1.807) is 14.0 Å². The number of hydrogen-bond donors (Lipinski definition) is 1. The van der Waals surface area contributed by atoms with E-state index in [-0.39, 0.29) is 12.4 Å². The molecule has 0 unspecified atom stereocenters. The molecule has 0 spiro atoms. The van der Waals surface area contributed by atoms with Crippen molar-refractivity contribution in [2.75, 3.05) is 19.0 Å². The van der Waals surface area contributed by atoms with Crippen LogP contribution < -0.4 is 14.8 Å². The standard InChI is InChI=1S/C27H26INO5/c1-3-32-26(30)15-19-6-4-5-7-25(19)33-17-18-12-20-14-23(34-27(20)24(28)13-18)16-29-21-8-10-22(31-2)11-9-21/h4-14,29H,3,15-17H2,1-2H3. The van der Waals surface area contributed by atoms with Crippen molar-refractivity contribution in [3.05, 3.63) is 87.2 Å². The van der Waals surface area contributed by atoms with Crippen LogP contribution in [0.4, 0.5) is 5.69 Å². The number of hydrogen-bond acceptors (Lipinski definition) is 6. The van der Waals surface area contributed by atoms with E-state index in [4.69, 9.17) is 18.6 Å². The second-order valence-electron chi connectivity index (χ2n) is 7.67. The van der Waals surface area contributed by atoms with Crippen molar-refractivity contribution >= 4 is 45.2 Å². The summed E-state index contributed by atoms with van der Waals surface area (Å²) < 4.78 is 23.4. The van der Waals surface area contributed by atoms with Crippen LogP contribution in [0.1, 0.15) is 23.8 Å². The predicted octanol–water partition coefficient (Wildman–Crippen LogP) is 6.34. The molecule has 0 bridgehead atoms. The van der Waals surface area contributed by atoms with Crippen molar-refractivity contribution in [2.45, 2.75) is 26.5 Å². The molecule has 0 fully saturated rings. The fourth-order valence-corrected chi connectivity index (χ4v) is 4.43. The van der Waals surface area contributed by atoms with E-state index >= 15 is 0 Å². The molecule has 0 aliphatic rings. The topological polar surface area (TPSA) is 69.9 Å². The third-order valence-electron chi connectivity index (χ3n) is 5.25. The van der Waals surface area contributed by atoms with Crippen LogP contribution in [-0.4, -0.2) is 19.7 Å². The minimum atomic E-state index is -0.260. The molecule has 0 aliphatic carbocycles. The summed E-state index contributed by atoms with van der Waals surface area (Å²) in [6.07, 6.45) is 0.187. The van der Waals surface area contributed by atoms with Crippen LogP contribution in [0.15, 0.2) is 71.1 Å². The zero-order valence-electron chi connectivity index (χ0n) is 19.1. The number of methoxy groups -OCH3 is 1. The number of para-hydroxylation sites is 1. The number of benzene rings is 3. The lowest BCUT2D eigenvalue weighted by atomic mass is 10.1. The van der Waals surface area contributed by atoms with Gasteiger partial charge in [-0.1, -0.05) is 18.2 Å². The molecule has 176 valence electrons. The van der Waals surface area contributed by atoms with Gasteiger partial charge in [0, 0.05) is 16.6 Å². The monoisotopic (exact) mass is 571 g/mol. The van der Waals surface area contributed by atoms with E-state index < -0.39 is 0 Å². The Morgan fingerprint density at radius 1 is 1.06 bits per heavy atom. The molecule has 1 heterocycles. The summed E-state index contributed by atoms with van der Waals surface area (Å²) in [6, 6.07) is 21.5. The third kappa shape index (κ3) is 6.02. The Hall–Kier alpha value is -3.20. The van der Waals surface area contributed by atoms with Crippen LogP contribution >= 0.6 is 22.6 Å². The van der Waals surface area contributed by atoms with Gasteiger partial charge in [-0.3, -0.25) is 4.79 Å². The smallest absolute Gasteiger partial charge is 0.310 e. The zero-order chi connectivity index (χ0) is 23.9. The Bertz CT molecular complexity index is 1270. The summed E-state index contributed by atoms with van der Waals surface area (Å²) in [5, 5.41) is 4.40. The number of anilines is 1. The minimum Gasteiger partial charge on any atom is -0.497 e. The van der Waals surface area contributed by atoms with Crippen LogP contribution in [0.5, 0.6) is 11.5 Å². The highest BCUT2D eigenvalue weighted by Gasteiger charge is 2.12. The number of carbonyl (C=O) groups excluding carboxylic acids is 1. The maximum atomic E-state index is 11.9. The van der Waals surface area contributed by atoms with Crippen LogP contribution in [-0.2, 0) is 29.1 Å². The molecule has 0 saturated heterocycles. The molecular weight excluding hydrogens is 545 g/mol. The highest BCUT2D eigenvalue weighted by Crippen LogP contribution is 2.28. The number of fused-ring (bicyclic) bond motifs is 1. The van der Waals surface area contributed by atoms with Gasteiger partial charge < -0.3 is 23.9 Å². The first-order valence-corrected chi connectivity index (χ1v) is 12.1. The molecule has 7 heteroatoms. The molecule has 0 radical (unpaired) electrons. The van der Waals surface area contributed by atoms with Crippen LogP contribution in [0.25, 0.3) is 11.0 Å². The van der Waals surface area contributed by atoms with Gasteiger partial charge in [0.2, 0.25) is 0 Å². The minimum absolute atomic E-state index is 0.187. The van der Waals surface area contributed by atoms with Gasteiger partial charge >= 0.3 is 5.97 Å². The van der Waals surface area contributed by atoms with Crippen molar-refractivity contribution in [2.24, 2.45) is 0 Å². The largest absolute Gasteiger partial charge is 0.497 e. The third-order valence-corrected chi connectivity index (χ3v) is 6.05. The molecule has 6 nitrogen and oxygen atoms in total. The van der Waals surface area contributed by atoms with E-state index in [1.807, 2.05) is 54.6 Å². The van der Waals surface area contributed by atoms with Gasteiger partial charge in [0.05, 0.1) is 30.3 Å². The molecule has 34 heavy (non-hydrogen) atoms. The van der Waals surface area contributed by atoms with Crippen molar-refractivity contribution in [3.63, 3.8) is 0 Å². The Kier molecular flexibility index (Phi) is 7.95. The number of ether oxygens (including phenoxy) is 3. The molecule has 1 aromatic heterocycles. The molecule has 1 N–H and O–H groups in total. The van der Waals surface area contributed by atoms with Crippen LogP contribution in [0.2, 0.25) is 0 Å². The normalized spacial score (nSPS) is 10.8. The fourth-order valence-electron chi connectivity index (χ4n) is 3.61. The zero-order valence-corrected chi connectivity index (χ0v) is 21.3. The Balaban J connectivity index is 1.44. The van der Waals surface area contributed by atoms with Crippen molar-refractivity contribution in [1.82, 2.24) is 0 Å². The molecule has 0 atom stereocenters. The second kappa shape index (κ2) is 11.3. The quantitative estimate of drug-likeness (QED) is 0.177. The van der Waals surface area contributed by atoms with Crippen molar-refractivity contribution in [1.29, 1.82) is 0 Å². The van der Waals surface area contributed by atoms with Crippen LogP contribution in [0, 0.1) is 3.57 Å².